The summed E-state index contributed by atoms with van der Waals surface area (Å²) < 4.78 is 19.0. The second-order valence-electron chi connectivity index (χ2n) is 6.87. The van der Waals surface area contributed by atoms with E-state index in [0.29, 0.717) is 21.2 Å². The minimum absolute atomic E-state index is 0.0143. The van der Waals surface area contributed by atoms with Crippen LogP contribution in [0, 0.1) is 0 Å². The van der Waals surface area contributed by atoms with Crippen molar-refractivity contribution in [2.75, 3.05) is 37.6 Å². The number of fused-ring (bicyclic) bond motifs is 1. The Morgan fingerprint density at radius 1 is 1.23 bits per heavy atom. The third-order valence-corrected chi connectivity index (χ3v) is 7.22. The number of carbonyl (C=O) groups excluding carboxylic acids is 1. The summed E-state index contributed by atoms with van der Waals surface area (Å²) in [6, 6.07) is 11.8. The summed E-state index contributed by atoms with van der Waals surface area (Å²) in [5.41, 5.74) is 1.56. The molecule has 0 bridgehead atoms. The lowest BCUT2D eigenvalue weighted by Crippen LogP contribution is -2.17. The first-order chi connectivity index (χ1) is 14.7. The molecule has 164 valence electrons. The van der Waals surface area contributed by atoms with Crippen LogP contribution in [0.5, 0.6) is 5.88 Å². The first kappa shape index (κ1) is 23.3. The van der Waals surface area contributed by atoms with Gasteiger partial charge < -0.3 is 19.5 Å². The molecule has 11 heteroatoms. The first-order valence-electron chi connectivity index (χ1n) is 9.26. The van der Waals surface area contributed by atoms with Crippen LogP contribution in [0.4, 0.5) is 11.4 Å². The maximum Gasteiger partial charge on any atom is 0.274 e. The number of nitrogens with one attached hydrogen (secondary N) is 1. The van der Waals surface area contributed by atoms with E-state index in [1.54, 1.807) is 42.5 Å². The molecular formula is C20H21Cl2N4O4P. The molecular weight excluding hydrogens is 462 g/mol. The Balaban J connectivity index is 1.85. The Bertz CT molecular complexity index is 1160. The van der Waals surface area contributed by atoms with Crippen LogP contribution in [0.3, 0.4) is 0 Å². The normalized spacial score (nSPS) is 13.5. The van der Waals surface area contributed by atoms with Crippen molar-refractivity contribution in [2.24, 2.45) is 10.2 Å². The maximum atomic E-state index is 13.5. The van der Waals surface area contributed by atoms with Gasteiger partial charge >= 0.3 is 0 Å². The second kappa shape index (κ2) is 9.83. The molecule has 31 heavy (non-hydrogen) atoms. The highest BCUT2D eigenvalue weighted by Gasteiger charge is 2.30. The first-order valence-corrected chi connectivity index (χ1v) is 12.0. The monoisotopic (exact) mass is 482 g/mol. The highest BCUT2D eigenvalue weighted by Crippen LogP contribution is 2.46. The zero-order chi connectivity index (χ0) is 22.6. The van der Waals surface area contributed by atoms with E-state index in [1.807, 2.05) is 19.0 Å². The van der Waals surface area contributed by atoms with Gasteiger partial charge in [-0.25, -0.2) is 0 Å². The summed E-state index contributed by atoms with van der Waals surface area (Å²) >= 11 is 11.7. The molecule has 0 radical (unpaired) electrons. The highest BCUT2D eigenvalue weighted by atomic mass is 35.5. The predicted octanol–water partition coefficient (Wildman–Crippen LogP) is 5.06. The van der Waals surface area contributed by atoms with Gasteiger partial charge in [-0.1, -0.05) is 11.6 Å². The van der Waals surface area contributed by atoms with E-state index < -0.39 is 19.4 Å². The summed E-state index contributed by atoms with van der Waals surface area (Å²) in [6.07, 6.45) is -0.488. The van der Waals surface area contributed by atoms with Crippen molar-refractivity contribution >= 4 is 64.1 Å². The summed E-state index contributed by atoms with van der Waals surface area (Å²) in [5, 5.41) is 18.9. The van der Waals surface area contributed by atoms with Crippen molar-refractivity contribution in [3.8, 4) is 5.88 Å². The van der Waals surface area contributed by atoms with Crippen LogP contribution in [0.1, 0.15) is 0 Å². The van der Waals surface area contributed by atoms with E-state index >= 15 is 0 Å². The molecule has 3 aromatic rings. The van der Waals surface area contributed by atoms with Crippen molar-refractivity contribution in [3.63, 3.8) is 0 Å². The van der Waals surface area contributed by atoms with Crippen molar-refractivity contribution < 1.29 is 19.0 Å². The zero-order valence-corrected chi connectivity index (χ0v) is 19.3. The third kappa shape index (κ3) is 5.46. The summed E-state index contributed by atoms with van der Waals surface area (Å²) in [5.74, 6) is -0.889. The van der Waals surface area contributed by atoms with Crippen LogP contribution in [-0.4, -0.2) is 48.7 Å². The Morgan fingerprint density at radius 3 is 2.58 bits per heavy atom. The molecule has 0 spiro atoms. The third-order valence-electron chi connectivity index (χ3n) is 4.46. The van der Waals surface area contributed by atoms with E-state index in [-0.39, 0.29) is 24.1 Å². The number of aromatic nitrogens is 1. The van der Waals surface area contributed by atoms with Crippen LogP contribution < -0.4 is 10.2 Å². The Hall–Kier alpha value is -2.38. The molecule has 2 N–H and O–H groups in total. The lowest BCUT2D eigenvalue weighted by molar-refractivity contribution is -0.116. The minimum Gasteiger partial charge on any atom is -0.493 e. The standard InChI is InChI=1S/C20H21Cl2N4O4P/c1-26(2)14-4-6-15(7-5-14)31(29,30-10-9-21)12-18(27)24-25-19-16-11-13(22)3-8-17(16)23-20(19)28/h3-8,11,23,28H,9-10,12H2,1-2H3. The average Bonchev–Trinajstić information content (AvgIpc) is 3.05. The average molecular weight is 483 g/mol. The molecule has 8 nitrogen and oxygen atoms in total. The van der Waals surface area contributed by atoms with Crippen molar-refractivity contribution in [1.82, 2.24) is 4.98 Å². The fourth-order valence-electron chi connectivity index (χ4n) is 2.92. The molecule has 1 aromatic heterocycles. The lowest BCUT2D eigenvalue weighted by Gasteiger charge is -2.18. The van der Waals surface area contributed by atoms with E-state index in [4.69, 9.17) is 27.7 Å². The summed E-state index contributed by atoms with van der Waals surface area (Å²) in [4.78, 5) is 17.1. The largest absolute Gasteiger partial charge is 0.493 e. The number of rotatable bonds is 8. The molecule has 1 unspecified atom stereocenters. The van der Waals surface area contributed by atoms with Gasteiger partial charge in [-0.05, 0) is 42.5 Å². The number of amides is 1. The number of hydrogen-bond acceptors (Lipinski definition) is 6. The van der Waals surface area contributed by atoms with Crippen LogP contribution in [-0.2, 0) is 13.9 Å². The van der Waals surface area contributed by atoms with Gasteiger partial charge in [-0.2, -0.15) is 0 Å². The lowest BCUT2D eigenvalue weighted by atomic mass is 10.2. The van der Waals surface area contributed by atoms with Gasteiger partial charge in [0.2, 0.25) is 13.2 Å². The molecule has 1 atom stereocenters. The number of anilines is 1. The molecule has 0 aliphatic carbocycles. The zero-order valence-electron chi connectivity index (χ0n) is 16.9. The number of carbonyl (C=O) groups is 1. The van der Waals surface area contributed by atoms with Crippen LogP contribution in [0.2, 0.25) is 5.02 Å². The Labute approximate surface area is 189 Å². The second-order valence-corrected chi connectivity index (χ2v) is 10.1. The number of halogens is 2. The number of aromatic amines is 1. The topological polar surface area (TPSA) is 107 Å². The van der Waals surface area contributed by atoms with E-state index in [0.717, 1.165) is 5.69 Å². The fraction of sp³-hybridized carbons (Fsp3) is 0.250. The van der Waals surface area contributed by atoms with Gasteiger partial charge in [-0.3, -0.25) is 9.36 Å². The molecule has 1 amide bonds. The predicted molar refractivity (Wildman–Crippen MR) is 124 cm³/mol. The van der Waals surface area contributed by atoms with Gasteiger partial charge in [0.1, 0.15) is 6.16 Å². The van der Waals surface area contributed by atoms with Crippen LogP contribution in [0.25, 0.3) is 10.9 Å². The molecule has 2 aromatic carbocycles. The number of H-pyrrole nitrogens is 1. The van der Waals surface area contributed by atoms with Gasteiger partial charge in [-0.15, -0.1) is 21.8 Å². The van der Waals surface area contributed by atoms with Crippen LogP contribution >= 0.6 is 30.6 Å². The maximum absolute atomic E-state index is 13.5. The van der Waals surface area contributed by atoms with E-state index in [1.165, 1.54) is 0 Å². The van der Waals surface area contributed by atoms with Gasteiger partial charge in [0.05, 0.1) is 12.1 Å². The van der Waals surface area contributed by atoms with Crippen molar-refractivity contribution in [1.29, 1.82) is 0 Å². The van der Waals surface area contributed by atoms with Gasteiger partial charge in [0.25, 0.3) is 5.91 Å². The molecule has 0 saturated carbocycles. The van der Waals surface area contributed by atoms with Crippen molar-refractivity contribution in [3.05, 3.63) is 47.5 Å². The van der Waals surface area contributed by atoms with E-state index in [9.17, 15) is 14.5 Å². The number of azo groups is 1. The SMILES string of the molecule is CN(C)c1ccc(P(=O)(CC(=O)N=Nc2c(O)[nH]c3ccc(Cl)cc23)OCCCl)cc1. The Kier molecular flexibility index (Phi) is 7.38. The Morgan fingerprint density at radius 2 is 1.94 bits per heavy atom. The smallest absolute Gasteiger partial charge is 0.274 e. The van der Waals surface area contributed by atoms with Crippen LogP contribution in [0.15, 0.2) is 52.7 Å². The molecule has 0 fully saturated rings. The minimum atomic E-state index is -3.57. The molecule has 1 heterocycles. The fourth-order valence-corrected chi connectivity index (χ4v) is 5.11. The van der Waals surface area contributed by atoms with E-state index in [2.05, 4.69) is 15.2 Å². The number of benzene rings is 2. The number of nitrogens with zero attached hydrogens (tertiary/aromatic N) is 3. The van der Waals surface area contributed by atoms with Gasteiger partial charge in [0.15, 0.2) is 5.69 Å². The molecule has 0 aliphatic heterocycles. The number of alkyl halides is 1. The highest BCUT2D eigenvalue weighted by molar-refractivity contribution is 7.67. The summed E-state index contributed by atoms with van der Waals surface area (Å²) in [6.45, 7) is 0.0143. The van der Waals surface area contributed by atoms with Gasteiger partial charge in [0, 0.05) is 41.4 Å². The molecule has 0 aliphatic rings. The number of hydrogen-bond donors (Lipinski definition) is 2. The van der Waals surface area contributed by atoms with Crippen molar-refractivity contribution in [2.45, 2.75) is 0 Å². The summed E-state index contributed by atoms with van der Waals surface area (Å²) in [7, 11) is 0.203. The quantitative estimate of drug-likeness (QED) is 0.265. The molecule has 3 rings (SSSR count). The molecule has 0 saturated heterocycles. The number of aromatic hydroxyl groups is 1.